The molecule has 0 saturated carbocycles. The van der Waals surface area contributed by atoms with Gasteiger partial charge in [0.2, 0.25) is 0 Å². The SMILES string of the molecule is CCN(C)C(=O)COC(=O)Cn1cc(N)ccc1=O. The zero-order valence-electron chi connectivity index (χ0n) is 11.0. The van der Waals surface area contributed by atoms with Gasteiger partial charge in [-0.25, -0.2) is 0 Å². The number of rotatable bonds is 5. The van der Waals surface area contributed by atoms with Crippen molar-refractivity contribution in [3.63, 3.8) is 0 Å². The minimum atomic E-state index is -0.662. The van der Waals surface area contributed by atoms with Gasteiger partial charge in [-0.05, 0) is 13.0 Å². The topological polar surface area (TPSA) is 94.6 Å². The third-order valence-electron chi connectivity index (χ3n) is 2.56. The maximum Gasteiger partial charge on any atom is 0.326 e. The molecule has 0 saturated heterocycles. The monoisotopic (exact) mass is 267 g/mol. The number of carbonyl (C=O) groups excluding carboxylic acids is 2. The molecule has 0 fully saturated rings. The van der Waals surface area contributed by atoms with Gasteiger partial charge in [0.25, 0.3) is 11.5 Å². The Morgan fingerprint density at radius 1 is 1.42 bits per heavy atom. The van der Waals surface area contributed by atoms with Crippen molar-refractivity contribution in [1.82, 2.24) is 9.47 Å². The van der Waals surface area contributed by atoms with E-state index in [0.29, 0.717) is 12.2 Å². The second kappa shape index (κ2) is 6.58. The summed E-state index contributed by atoms with van der Waals surface area (Å²) >= 11 is 0. The third-order valence-corrected chi connectivity index (χ3v) is 2.56. The van der Waals surface area contributed by atoms with Crippen LogP contribution in [0, 0.1) is 0 Å². The zero-order valence-corrected chi connectivity index (χ0v) is 11.0. The van der Waals surface area contributed by atoms with Crippen LogP contribution in [0.4, 0.5) is 5.69 Å². The molecule has 1 rings (SSSR count). The van der Waals surface area contributed by atoms with E-state index in [9.17, 15) is 14.4 Å². The van der Waals surface area contributed by atoms with E-state index < -0.39 is 5.97 Å². The standard InChI is InChI=1S/C12H17N3O4/c1-3-14(2)11(17)8-19-12(18)7-15-6-9(13)4-5-10(15)16/h4-6H,3,7-8,13H2,1-2H3. The molecule has 0 aromatic carbocycles. The number of hydrogen-bond acceptors (Lipinski definition) is 5. The molecule has 2 N–H and O–H groups in total. The lowest BCUT2D eigenvalue weighted by Crippen LogP contribution is -2.32. The number of amides is 1. The number of hydrogen-bond donors (Lipinski definition) is 1. The highest BCUT2D eigenvalue weighted by atomic mass is 16.5. The summed E-state index contributed by atoms with van der Waals surface area (Å²) in [6.07, 6.45) is 1.35. The Balaban J connectivity index is 2.54. The number of ether oxygens (including phenoxy) is 1. The van der Waals surface area contributed by atoms with E-state index in [1.54, 1.807) is 7.05 Å². The molecule has 0 aliphatic carbocycles. The Kier molecular flexibility index (Phi) is 5.11. The van der Waals surface area contributed by atoms with Crippen LogP contribution in [0.25, 0.3) is 0 Å². The van der Waals surface area contributed by atoms with Gasteiger partial charge in [0.1, 0.15) is 6.54 Å². The minimum absolute atomic E-state index is 0.271. The summed E-state index contributed by atoms with van der Waals surface area (Å²) in [4.78, 5) is 35.8. The molecule has 0 atom stereocenters. The second-order valence-electron chi connectivity index (χ2n) is 4.00. The van der Waals surface area contributed by atoms with Crippen molar-refractivity contribution in [3.05, 3.63) is 28.7 Å². The quantitative estimate of drug-likeness (QED) is 0.722. The van der Waals surface area contributed by atoms with Gasteiger partial charge in [-0.15, -0.1) is 0 Å². The summed E-state index contributed by atoms with van der Waals surface area (Å²) in [5, 5.41) is 0. The maximum absolute atomic E-state index is 11.5. The second-order valence-corrected chi connectivity index (χ2v) is 4.00. The number of carbonyl (C=O) groups is 2. The highest BCUT2D eigenvalue weighted by molar-refractivity contribution is 5.80. The van der Waals surface area contributed by atoms with Crippen LogP contribution in [0.2, 0.25) is 0 Å². The fourth-order valence-electron chi connectivity index (χ4n) is 1.29. The van der Waals surface area contributed by atoms with E-state index in [2.05, 4.69) is 0 Å². The summed E-state index contributed by atoms with van der Waals surface area (Å²) in [5.41, 5.74) is 5.52. The first-order valence-electron chi connectivity index (χ1n) is 5.79. The van der Waals surface area contributed by atoms with Gasteiger partial charge < -0.3 is 19.9 Å². The van der Waals surface area contributed by atoms with E-state index in [-0.39, 0.29) is 24.6 Å². The number of nitrogens with two attached hydrogens (primary N) is 1. The molecule has 1 heterocycles. The van der Waals surface area contributed by atoms with Crippen LogP contribution in [-0.4, -0.2) is 41.5 Å². The van der Waals surface area contributed by atoms with Crippen molar-refractivity contribution < 1.29 is 14.3 Å². The van der Waals surface area contributed by atoms with Crippen LogP contribution < -0.4 is 11.3 Å². The summed E-state index contributed by atoms with van der Waals surface area (Å²) in [6, 6.07) is 2.71. The van der Waals surface area contributed by atoms with E-state index in [0.717, 1.165) is 4.57 Å². The normalized spacial score (nSPS) is 10.0. The van der Waals surface area contributed by atoms with Gasteiger partial charge in [0, 0.05) is 31.5 Å². The summed E-state index contributed by atoms with van der Waals surface area (Å²) in [5.74, 6) is -0.957. The predicted molar refractivity (Wildman–Crippen MR) is 69.4 cm³/mol. The van der Waals surface area contributed by atoms with Crippen LogP contribution in [0.15, 0.2) is 23.1 Å². The first kappa shape index (κ1) is 14.7. The van der Waals surface area contributed by atoms with Gasteiger partial charge in [-0.2, -0.15) is 0 Å². The average molecular weight is 267 g/mol. The van der Waals surface area contributed by atoms with Crippen molar-refractivity contribution in [2.24, 2.45) is 0 Å². The van der Waals surface area contributed by atoms with E-state index in [4.69, 9.17) is 10.5 Å². The molecular weight excluding hydrogens is 250 g/mol. The first-order valence-corrected chi connectivity index (χ1v) is 5.79. The average Bonchev–Trinajstić information content (AvgIpc) is 2.39. The smallest absolute Gasteiger partial charge is 0.326 e. The molecular formula is C12H17N3O4. The van der Waals surface area contributed by atoms with Crippen LogP contribution in [0.1, 0.15) is 6.92 Å². The Morgan fingerprint density at radius 2 is 2.11 bits per heavy atom. The molecule has 0 radical (unpaired) electrons. The molecule has 7 heteroatoms. The lowest BCUT2D eigenvalue weighted by atomic mass is 10.4. The number of pyridine rings is 1. The number of aromatic nitrogens is 1. The van der Waals surface area contributed by atoms with Crippen molar-refractivity contribution >= 4 is 17.6 Å². The molecule has 104 valence electrons. The Labute approximate surface area is 110 Å². The van der Waals surface area contributed by atoms with Crippen molar-refractivity contribution in [2.45, 2.75) is 13.5 Å². The minimum Gasteiger partial charge on any atom is -0.454 e. The molecule has 0 aliphatic rings. The number of nitrogens with zero attached hydrogens (tertiary/aromatic N) is 2. The molecule has 1 amide bonds. The fraction of sp³-hybridized carbons (Fsp3) is 0.417. The Bertz CT molecular complexity index is 524. The first-order chi connectivity index (χ1) is 8.93. The third kappa shape index (κ3) is 4.46. The van der Waals surface area contributed by atoms with Crippen LogP contribution in [0.5, 0.6) is 0 Å². The number of esters is 1. The van der Waals surface area contributed by atoms with Gasteiger partial charge in [-0.1, -0.05) is 0 Å². The van der Waals surface area contributed by atoms with Crippen LogP contribution in [-0.2, 0) is 20.9 Å². The molecule has 0 aliphatic heterocycles. The summed E-state index contributed by atoms with van der Waals surface area (Å²) in [6.45, 7) is 1.74. The molecule has 7 nitrogen and oxygen atoms in total. The number of anilines is 1. The largest absolute Gasteiger partial charge is 0.454 e. The zero-order chi connectivity index (χ0) is 14.4. The lowest BCUT2D eigenvalue weighted by molar-refractivity contribution is -0.152. The van der Waals surface area contributed by atoms with Crippen molar-refractivity contribution in [2.75, 3.05) is 25.9 Å². The van der Waals surface area contributed by atoms with E-state index >= 15 is 0 Å². The highest BCUT2D eigenvalue weighted by Crippen LogP contribution is 1.96. The van der Waals surface area contributed by atoms with Gasteiger partial charge in [0.05, 0.1) is 0 Å². The highest BCUT2D eigenvalue weighted by Gasteiger charge is 2.11. The molecule has 0 spiro atoms. The van der Waals surface area contributed by atoms with Crippen molar-refractivity contribution in [1.29, 1.82) is 0 Å². The van der Waals surface area contributed by atoms with Gasteiger partial charge >= 0.3 is 5.97 Å². The molecule has 1 aromatic heterocycles. The number of nitrogen functional groups attached to an aromatic ring is 1. The van der Waals surface area contributed by atoms with Crippen molar-refractivity contribution in [3.8, 4) is 0 Å². The Hall–Kier alpha value is -2.31. The van der Waals surface area contributed by atoms with Gasteiger partial charge in [-0.3, -0.25) is 14.4 Å². The van der Waals surface area contributed by atoms with E-state index in [1.165, 1.54) is 23.2 Å². The molecule has 1 aromatic rings. The molecule has 19 heavy (non-hydrogen) atoms. The number of likely N-dealkylation sites (N-methyl/N-ethyl adjacent to an activating group) is 1. The van der Waals surface area contributed by atoms with E-state index in [1.807, 2.05) is 6.92 Å². The van der Waals surface area contributed by atoms with Crippen LogP contribution >= 0.6 is 0 Å². The Morgan fingerprint density at radius 3 is 2.74 bits per heavy atom. The predicted octanol–water partition coefficient (Wildman–Crippen LogP) is -0.548. The van der Waals surface area contributed by atoms with Gasteiger partial charge in [0.15, 0.2) is 6.61 Å². The molecule has 0 unspecified atom stereocenters. The van der Waals surface area contributed by atoms with Crippen LogP contribution in [0.3, 0.4) is 0 Å². The maximum atomic E-state index is 11.5. The molecule has 0 bridgehead atoms. The summed E-state index contributed by atoms with van der Waals surface area (Å²) in [7, 11) is 1.61. The summed E-state index contributed by atoms with van der Waals surface area (Å²) < 4.78 is 5.93. The fourth-order valence-corrected chi connectivity index (χ4v) is 1.29. The lowest BCUT2D eigenvalue weighted by Gasteiger charge is -2.14.